The zero-order valence-corrected chi connectivity index (χ0v) is 8.13. The highest BCUT2D eigenvalue weighted by Crippen LogP contribution is 2.14. The van der Waals surface area contributed by atoms with Crippen molar-refractivity contribution in [3.8, 4) is 0 Å². The largest absolute Gasteiger partial charge is 0.330 e. The Balaban J connectivity index is 2.79. The lowest BCUT2D eigenvalue weighted by Gasteiger charge is -1.92. The van der Waals surface area contributed by atoms with Gasteiger partial charge in [0, 0.05) is 19.2 Å². The van der Waals surface area contributed by atoms with Gasteiger partial charge in [-0.3, -0.25) is 4.68 Å². The van der Waals surface area contributed by atoms with Crippen LogP contribution in [0.4, 0.5) is 0 Å². The summed E-state index contributed by atoms with van der Waals surface area (Å²) < 4.78 is 2.96. The summed E-state index contributed by atoms with van der Waals surface area (Å²) >= 11 is 3.42. The van der Waals surface area contributed by atoms with Crippen LogP contribution < -0.4 is 5.73 Å². The van der Waals surface area contributed by atoms with Crippen LogP contribution in [0, 0.1) is 0 Å². The van der Waals surface area contributed by atoms with Crippen molar-refractivity contribution in [1.29, 1.82) is 0 Å². The molecule has 1 heterocycles. The van der Waals surface area contributed by atoms with Crippen molar-refractivity contribution < 1.29 is 0 Å². The highest BCUT2D eigenvalue weighted by atomic mass is 79.9. The van der Waals surface area contributed by atoms with E-state index in [1.54, 1.807) is 0 Å². The first-order chi connectivity index (χ1) is 5.27. The standard InChI is InChI=1S/C7H12BrN3/c1-2-11-5-6(8)7(10-11)3-4-9/h5H,2-4,9H2,1H3. The van der Waals surface area contributed by atoms with Gasteiger partial charge in [-0.05, 0) is 29.4 Å². The predicted molar refractivity (Wildman–Crippen MR) is 48.4 cm³/mol. The number of nitrogens with zero attached hydrogens (tertiary/aromatic N) is 2. The second-order valence-corrected chi connectivity index (χ2v) is 3.17. The fraction of sp³-hybridized carbons (Fsp3) is 0.571. The van der Waals surface area contributed by atoms with Crippen molar-refractivity contribution in [3.05, 3.63) is 16.4 Å². The maximum absolute atomic E-state index is 5.41. The zero-order valence-electron chi connectivity index (χ0n) is 6.55. The van der Waals surface area contributed by atoms with Crippen molar-refractivity contribution in [2.75, 3.05) is 6.54 Å². The molecule has 0 saturated heterocycles. The molecule has 11 heavy (non-hydrogen) atoms. The quantitative estimate of drug-likeness (QED) is 0.827. The third-order valence-electron chi connectivity index (χ3n) is 1.49. The normalized spacial score (nSPS) is 10.5. The van der Waals surface area contributed by atoms with Gasteiger partial charge in [-0.2, -0.15) is 5.10 Å². The summed E-state index contributed by atoms with van der Waals surface area (Å²) in [5.41, 5.74) is 6.46. The van der Waals surface area contributed by atoms with E-state index in [1.807, 2.05) is 10.9 Å². The van der Waals surface area contributed by atoms with Crippen LogP contribution in [0.25, 0.3) is 0 Å². The van der Waals surface area contributed by atoms with Crippen molar-refractivity contribution in [2.24, 2.45) is 5.73 Å². The molecule has 0 unspecified atom stereocenters. The van der Waals surface area contributed by atoms with E-state index in [9.17, 15) is 0 Å². The van der Waals surface area contributed by atoms with Gasteiger partial charge < -0.3 is 5.73 Å². The Kier molecular flexibility index (Phi) is 3.08. The second kappa shape index (κ2) is 3.88. The van der Waals surface area contributed by atoms with Crippen molar-refractivity contribution in [1.82, 2.24) is 9.78 Å². The molecule has 1 aromatic rings. The summed E-state index contributed by atoms with van der Waals surface area (Å²) in [6.07, 6.45) is 2.82. The van der Waals surface area contributed by atoms with Gasteiger partial charge in [-0.25, -0.2) is 0 Å². The number of hydrogen-bond acceptors (Lipinski definition) is 2. The van der Waals surface area contributed by atoms with Crippen molar-refractivity contribution >= 4 is 15.9 Å². The Labute approximate surface area is 74.7 Å². The van der Waals surface area contributed by atoms with Crippen molar-refractivity contribution in [2.45, 2.75) is 19.9 Å². The summed E-state index contributed by atoms with van der Waals surface area (Å²) in [6, 6.07) is 0. The van der Waals surface area contributed by atoms with E-state index in [0.717, 1.165) is 23.1 Å². The van der Waals surface area contributed by atoms with E-state index >= 15 is 0 Å². The minimum absolute atomic E-state index is 0.652. The maximum Gasteiger partial charge on any atom is 0.0779 e. The maximum atomic E-state index is 5.41. The van der Waals surface area contributed by atoms with Gasteiger partial charge in [-0.1, -0.05) is 0 Å². The van der Waals surface area contributed by atoms with Crippen LogP contribution in [-0.4, -0.2) is 16.3 Å². The average Bonchev–Trinajstić information content (AvgIpc) is 2.33. The van der Waals surface area contributed by atoms with Crippen LogP contribution in [0.5, 0.6) is 0 Å². The minimum Gasteiger partial charge on any atom is -0.330 e. The molecule has 0 aliphatic rings. The highest BCUT2D eigenvalue weighted by molar-refractivity contribution is 9.10. The number of aromatic nitrogens is 2. The molecule has 0 spiro atoms. The summed E-state index contributed by atoms with van der Waals surface area (Å²) in [5, 5.41) is 4.31. The lowest BCUT2D eigenvalue weighted by atomic mass is 10.3. The average molecular weight is 218 g/mol. The number of nitrogens with two attached hydrogens (primary N) is 1. The van der Waals surface area contributed by atoms with Crippen LogP contribution in [0.15, 0.2) is 10.7 Å². The van der Waals surface area contributed by atoms with Crippen molar-refractivity contribution in [3.63, 3.8) is 0 Å². The van der Waals surface area contributed by atoms with E-state index in [1.165, 1.54) is 0 Å². The topological polar surface area (TPSA) is 43.8 Å². The number of rotatable bonds is 3. The predicted octanol–water partition coefficient (Wildman–Crippen LogP) is 1.17. The van der Waals surface area contributed by atoms with E-state index in [-0.39, 0.29) is 0 Å². The molecule has 0 atom stereocenters. The van der Waals surface area contributed by atoms with E-state index in [4.69, 9.17) is 5.73 Å². The monoisotopic (exact) mass is 217 g/mol. The molecule has 3 nitrogen and oxygen atoms in total. The van der Waals surface area contributed by atoms with Crippen LogP contribution in [0.3, 0.4) is 0 Å². The van der Waals surface area contributed by atoms with E-state index < -0.39 is 0 Å². The lowest BCUT2D eigenvalue weighted by Crippen LogP contribution is -2.04. The van der Waals surface area contributed by atoms with Gasteiger partial charge in [0.15, 0.2) is 0 Å². The summed E-state index contributed by atoms with van der Waals surface area (Å²) in [7, 11) is 0. The fourth-order valence-corrected chi connectivity index (χ4v) is 1.42. The zero-order chi connectivity index (χ0) is 8.27. The molecule has 62 valence electrons. The molecule has 0 radical (unpaired) electrons. The van der Waals surface area contributed by atoms with Gasteiger partial charge in [-0.15, -0.1) is 0 Å². The fourth-order valence-electron chi connectivity index (χ4n) is 0.905. The Morgan fingerprint density at radius 1 is 1.73 bits per heavy atom. The Morgan fingerprint density at radius 3 is 2.91 bits per heavy atom. The highest BCUT2D eigenvalue weighted by Gasteiger charge is 2.03. The number of halogens is 1. The molecule has 1 aromatic heterocycles. The molecular weight excluding hydrogens is 206 g/mol. The lowest BCUT2D eigenvalue weighted by molar-refractivity contribution is 0.646. The smallest absolute Gasteiger partial charge is 0.0779 e. The third kappa shape index (κ3) is 2.04. The van der Waals surface area contributed by atoms with Gasteiger partial charge >= 0.3 is 0 Å². The van der Waals surface area contributed by atoms with E-state index in [0.29, 0.717) is 6.54 Å². The third-order valence-corrected chi connectivity index (χ3v) is 2.15. The molecule has 0 aliphatic heterocycles. The molecule has 1 rings (SSSR count). The molecule has 4 heteroatoms. The molecule has 0 aliphatic carbocycles. The Hall–Kier alpha value is -0.350. The first-order valence-electron chi connectivity index (χ1n) is 3.69. The van der Waals surface area contributed by atoms with Gasteiger partial charge in [0.2, 0.25) is 0 Å². The first kappa shape index (κ1) is 8.74. The van der Waals surface area contributed by atoms with Gasteiger partial charge in [0.25, 0.3) is 0 Å². The Bertz CT molecular complexity index is 232. The molecule has 0 bridgehead atoms. The van der Waals surface area contributed by atoms with Gasteiger partial charge in [0.05, 0.1) is 10.2 Å². The minimum atomic E-state index is 0.652. The summed E-state index contributed by atoms with van der Waals surface area (Å²) in [6.45, 7) is 3.62. The van der Waals surface area contributed by atoms with Crippen LogP contribution in [0.2, 0.25) is 0 Å². The van der Waals surface area contributed by atoms with E-state index in [2.05, 4.69) is 28.0 Å². The SMILES string of the molecule is CCn1cc(Br)c(CCN)n1. The van der Waals surface area contributed by atoms with Crippen LogP contribution in [-0.2, 0) is 13.0 Å². The first-order valence-corrected chi connectivity index (χ1v) is 4.49. The molecule has 0 fully saturated rings. The number of aryl methyl sites for hydroxylation is 1. The molecule has 2 N–H and O–H groups in total. The van der Waals surface area contributed by atoms with Crippen LogP contribution >= 0.6 is 15.9 Å². The second-order valence-electron chi connectivity index (χ2n) is 2.32. The molecule has 0 saturated carbocycles. The van der Waals surface area contributed by atoms with Crippen LogP contribution in [0.1, 0.15) is 12.6 Å². The summed E-state index contributed by atoms with van der Waals surface area (Å²) in [5.74, 6) is 0. The molecular formula is C7H12BrN3. The molecule has 0 aromatic carbocycles. The Morgan fingerprint density at radius 2 is 2.45 bits per heavy atom. The number of hydrogen-bond donors (Lipinski definition) is 1. The summed E-state index contributed by atoms with van der Waals surface area (Å²) in [4.78, 5) is 0. The molecule has 0 amide bonds. The van der Waals surface area contributed by atoms with Gasteiger partial charge in [0.1, 0.15) is 0 Å².